The maximum Gasteiger partial charge on any atom is 0.164 e. The Bertz CT molecular complexity index is 556. The normalized spacial score (nSPS) is 22.8. The summed E-state index contributed by atoms with van der Waals surface area (Å²) in [5.41, 5.74) is 1.16. The van der Waals surface area contributed by atoms with Crippen LogP contribution in [0.15, 0.2) is 30.3 Å². The fourth-order valence-electron chi connectivity index (χ4n) is 2.80. The summed E-state index contributed by atoms with van der Waals surface area (Å²) in [6.45, 7) is 1.99. The number of aromatic nitrogens is 3. The third kappa shape index (κ3) is 1.56. The highest BCUT2D eigenvalue weighted by molar-refractivity contribution is 5.55. The van der Waals surface area contributed by atoms with Crippen molar-refractivity contribution in [3.05, 3.63) is 36.2 Å². The maximum atomic E-state index is 4.43. The SMILES string of the molecule is c1ccc(-c2nnc3n2CCNC3C2CC2)cc1. The zero-order valence-corrected chi connectivity index (χ0v) is 10.2. The number of fused-ring (bicyclic) bond motifs is 1. The molecule has 1 fully saturated rings. The van der Waals surface area contributed by atoms with Crippen LogP contribution >= 0.6 is 0 Å². The maximum absolute atomic E-state index is 4.43. The van der Waals surface area contributed by atoms with Crippen molar-refractivity contribution in [2.75, 3.05) is 6.54 Å². The van der Waals surface area contributed by atoms with Crippen LogP contribution in [-0.4, -0.2) is 21.3 Å². The lowest BCUT2D eigenvalue weighted by atomic mass is 10.1. The van der Waals surface area contributed by atoms with Crippen LogP contribution in [0.2, 0.25) is 0 Å². The first-order valence-electron chi connectivity index (χ1n) is 6.65. The lowest BCUT2D eigenvalue weighted by Gasteiger charge is -2.24. The summed E-state index contributed by atoms with van der Waals surface area (Å²) in [4.78, 5) is 0. The Kier molecular flexibility index (Phi) is 2.23. The van der Waals surface area contributed by atoms with Crippen LogP contribution in [0.5, 0.6) is 0 Å². The van der Waals surface area contributed by atoms with Crippen LogP contribution < -0.4 is 5.32 Å². The van der Waals surface area contributed by atoms with Gasteiger partial charge in [-0.25, -0.2) is 0 Å². The molecule has 0 spiro atoms. The average Bonchev–Trinajstić information content (AvgIpc) is 3.18. The molecular weight excluding hydrogens is 224 g/mol. The summed E-state index contributed by atoms with van der Waals surface area (Å²) in [5, 5.41) is 12.4. The molecule has 1 aliphatic heterocycles. The van der Waals surface area contributed by atoms with Crippen LogP contribution in [0.1, 0.15) is 24.7 Å². The number of nitrogens with zero attached hydrogens (tertiary/aromatic N) is 3. The third-order valence-corrected chi connectivity index (χ3v) is 3.88. The van der Waals surface area contributed by atoms with Gasteiger partial charge in [-0.05, 0) is 18.8 Å². The molecule has 18 heavy (non-hydrogen) atoms. The first-order valence-corrected chi connectivity index (χ1v) is 6.65. The van der Waals surface area contributed by atoms with E-state index >= 15 is 0 Å². The van der Waals surface area contributed by atoms with E-state index in [1.165, 1.54) is 12.8 Å². The monoisotopic (exact) mass is 240 g/mol. The van der Waals surface area contributed by atoms with Gasteiger partial charge in [0.15, 0.2) is 11.6 Å². The van der Waals surface area contributed by atoms with Gasteiger partial charge in [0.05, 0.1) is 6.04 Å². The molecule has 1 atom stereocenters. The summed E-state index contributed by atoms with van der Waals surface area (Å²) < 4.78 is 2.29. The van der Waals surface area contributed by atoms with Crippen molar-refractivity contribution < 1.29 is 0 Å². The van der Waals surface area contributed by atoms with Gasteiger partial charge in [0.2, 0.25) is 0 Å². The van der Waals surface area contributed by atoms with Crippen molar-refractivity contribution in [2.45, 2.75) is 25.4 Å². The number of nitrogens with one attached hydrogen (secondary N) is 1. The van der Waals surface area contributed by atoms with Crippen LogP contribution in [0.3, 0.4) is 0 Å². The largest absolute Gasteiger partial charge is 0.308 e. The Morgan fingerprint density at radius 2 is 1.94 bits per heavy atom. The van der Waals surface area contributed by atoms with E-state index in [1.54, 1.807) is 0 Å². The molecule has 1 aromatic carbocycles. The highest BCUT2D eigenvalue weighted by Crippen LogP contribution is 2.41. The van der Waals surface area contributed by atoms with Gasteiger partial charge in [0, 0.05) is 18.7 Å². The molecule has 0 bridgehead atoms. The predicted molar refractivity (Wildman–Crippen MR) is 68.9 cm³/mol. The van der Waals surface area contributed by atoms with Gasteiger partial charge in [-0.1, -0.05) is 30.3 Å². The van der Waals surface area contributed by atoms with E-state index < -0.39 is 0 Å². The van der Waals surface area contributed by atoms with Crippen molar-refractivity contribution >= 4 is 0 Å². The van der Waals surface area contributed by atoms with E-state index in [0.717, 1.165) is 36.2 Å². The zero-order chi connectivity index (χ0) is 11.9. The highest BCUT2D eigenvalue weighted by Gasteiger charge is 2.37. The standard InChI is InChI=1S/C14H16N4/c1-2-4-11(5-3-1)13-16-17-14-12(10-6-7-10)15-8-9-18(13)14/h1-5,10,12,15H,6-9H2. The molecule has 1 aromatic heterocycles. The van der Waals surface area contributed by atoms with Crippen LogP contribution in [0.25, 0.3) is 11.4 Å². The number of hydrogen-bond acceptors (Lipinski definition) is 3. The molecule has 1 unspecified atom stereocenters. The molecular formula is C14H16N4. The van der Waals surface area contributed by atoms with Crippen molar-refractivity contribution in [2.24, 2.45) is 5.92 Å². The minimum Gasteiger partial charge on any atom is -0.308 e. The summed E-state index contributed by atoms with van der Waals surface area (Å²) in [5.74, 6) is 2.91. The molecule has 2 heterocycles. The minimum atomic E-state index is 0.420. The van der Waals surface area contributed by atoms with Gasteiger partial charge in [-0.2, -0.15) is 0 Å². The molecule has 4 rings (SSSR count). The van der Waals surface area contributed by atoms with E-state index in [1.807, 2.05) is 6.07 Å². The summed E-state index contributed by atoms with van der Waals surface area (Å²) in [7, 11) is 0. The summed E-state index contributed by atoms with van der Waals surface area (Å²) in [6, 6.07) is 10.8. The summed E-state index contributed by atoms with van der Waals surface area (Å²) >= 11 is 0. The van der Waals surface area contributed by atoms with E-state index in [9.17, 15) is 0 Å². The highest BCUT2D eigenvalue weighted by atomic mass is 15.3. The molecule has 4 nitrogen and oxygen atoms in total. The molecule has 0 radical (unpaired) electrons. The molecule has 4 heteroatoms. The Hall–Kier alpha value is -1.68. The average molecular weight is 240 g/mol. The first kappa shape index (κ1) is 10.3. The smallest absolute Gasteiger partial charge is 0.164 e. The second-order valence-corrected chi connectivity index (χ2v) is 5.17. The first-order chi connectivity index (χ1) is 8.93. The third-order valence-electron chi connectivity index (χ3n) is 3.88. The lowest BCUT2D eigenvalue weighted by Crippen LogP contribution is -2.35. The van der Waals surface area contributed by atoms with Gasteiger partial charge in [0.25, 0.3) is 0 Å². The van der Waals surface area contributed by atoms with Crippen LogP contribution in [0.4, 0.5) is 0 Å². The predicted octanol–water partition coefficient (Wildman–Crippen LogP) is 2.00. The van der Waals surface area contributed by atoms with Gasteiger partial charge < -0.3 is 9.88 Å². The second-order valence-electron chi connectivity index (χ2n) is 5.17. The van der Waals surface area contributed by atoms with Gasteiger partial charge >= 0.3 is 0 Å². The number of benzene rings is 1. The molecule has 1 saturated carbocycles. The van der Waals surface area contributed by atoms with Gasteiger partial charge in [-0.3, -0.25) is 0 Å². The van der Waals surface area contributed by atoms with E-state index in [-0.39, 0.29) is 0 Å². The van der Waals surface area contributed by atoms with Gasteiger partial charge in [-0.15, -0.1) is 10.2 Å². The van der Waals surface area contributed by atoms with Crippen molar-refractivity contribution in [1.29, 1.82) is 0 Å². The van der Waals surface area contributed by atoms with E-state index in [2.05, 4.69) is 44.3 Å². The van der Waals surface area contributed by atoms with E-state index in [4.69, 9.17) is 0 Å². The lowest BCUT2D eigenvalue weighted by molar-refractivity contribution is 0.383. The Morgan fingerprint density at radius 1 is 1.11 bits per heavy atom. The van der Waals surface area contributed by atoms with Crippen LogP contribution in [0, 0.1) is 5.92 Å². The zero-order valence-electron chi connectivity index (χ0n) is 10.2. The molecule has 2 aliphatic rings. The number of hydrogen-bond donors (Lipinski definition) is 1. The van der Waals surface area contributed by atoms with Crippen molar-refractivity contribution in [3.63, 3.8) is 0 Å². The molecule has 1 N–H and O–H groups in total. The minimum absolute atomic E-state index is 0.420. The van der Waals surface area contributed by atoms with Crippen molar-refractivity contribution in [3.8, 4) is 11.4 Å². The Morgan fingerprint density at radius 3 is 2.72 bits per heavy atom. The molecule has 0 saturated heterocycles. The summed E-state index contributed by atoms with van der Waals surface area (Å²) in [6.07, 6.45) is 2.65. The van der Waals surface area contributed by atoms with Gasteiger partial charge in [0.1, 0.15) is 0 Å². The Balaban J connectivity index is 1.78. The van der Waals surface area contributed by atoms with Crippen molar-refractivity contribution in [1.82, 2.24) is 20.1 Å². The Labute approximate surface area is 106 Å². The molecule has 0 amide bonds. The fraction of sp³-hybridized carbons (Fsp3) is 0.429. The molecule has 2 aromatic rings. The van der Waals surface area contributed by atoms with Crippen LogP contribution in [-0.2, 0) is 6.54 Å². The molecule has 1 aliphatic carbocycles. The topological polar surface area (TPSA) is 42.7 Å². The fourth-order valence-corrected chi connectivity index (χ4v) is 2.80. The number of rotatable bonds is 2. The van der Waals surface area contributed by atoms with E-state index in [0.29, 0.717) is 6.04 Å². The molecule has 92 valence electrons. The second kappa shape index (κ2) is 3.92. The quantitative estimate of drug-likeness (QED) is 0.873.